The second kappa shape index (κ2) is 5.51. The first-order valence-corrected chi connectivity index (χ1v) is 8.72. The third kappa shape index (κ3) is 3.62. The molecular formula is C9H11Cl2N3O4S2. The van der Waals surface area contributed by atoms with Gasteiger partial charge in [0.05, 0.1) is 10.6 Å². The van der Waals surface area contributed by atoms with E-state index in [2.05, 4.69) is 0 Å². The number of nitrogen functional groups attached to an aromatic ring is 1. The standard InChI is InChI=1S/C9H11Cl2N3O4S2/c1-4(9(10)11)5-2-6(12)8(20(14,17)18)3-7(5)19(13,15)16/h2-3H,12H2,1H3,(H2,13,15,16)(H2,14,17,18). The lowest BCUT2D eigenvalue weighted by Gasteiger charge is -2.12. The van der Waals surface area contributed by atoms with Crippen LogP contribution in [0, 0.1) is 0 Å². The van der Waals surface area contributed by atoms with E-state index < -0.39 is 29.8 Å². The van der Waals surface area contributed by atoms with Crippen LogP contribution in [0.5, 0.6) is 0 Å². The van der Waals surface area contributed by atoms with Crippen molar-refractivity contribution in [2.75, 3.05) is 5.73 Å². The molecule has 0 aromatic heterocycles. The Morgan fingerprint density at radius 1 is 1.00 bits per heavy atom. The number of nitrogens with two attached hydrogens (primary N) is 3. The molecule has 0 aliphatic carbocycles. The number of hydrogen-bond donors (Lipinski definition) is 3. The fraction of sp³-hybridized carbons (Fsp3) is 0.111. The van der Waals surface area contributed by atoms with Crippen LogP contribution in [-0.4, -0.2) is 16.8 Å². The zero-order valence-corrected chi connectivity index (χ0v) is 13.2. The molecule has 0 atom stereocenters. The zero-order chi connectivity index (χ0) is 15.9. The van der Waals surface area contributed by atoms with Gasteiger partial charge in [-0.1, -0.05) is 23.2 Å². The maximum absolute atomic E-state index is 11.6. The fourth-order valence-electron chi connectivity index (χ4n) is 1.45. The molecule has 0 spiro atoms. The Balaban J connectivity index is 3.91. The topological polar surface area (TPSA) is 146 Å². The number of hydrogen-bond acceptors (Lipinski definition) is 5. The van der Waals surface area contributed by atoms with Gasteiger partial charge in [0.15, 0.2) is 0 Å². The van der Waals surface area contributed by atoms with E-state index in [4.69, 9.17) is 39.2 Å². The molecule has 0 bridgehead atoms. The van der Waals surface area contributed by atoms with Gasteiger partial charge in [-0.3, -0.25) is 0 Å². The Morgan fingerprint density at radius 2 is 1.45 bits per heavy atom. The van der Waals surface area contributed by atoms with Crippen LogP contribution < -0.4 is 16.0 Å². The molecule has 0 saturated carbocycles. The normalized spacial score (nSPS) is 12.2. The molecule has 0 radical (unpaired) electrons. The summed E-state index contributed by atoms with van der Waals surface area (Å²) in [7, 11) is -8.44. The first-order chi connectivity index (χ1) is 8.85. The van der Waals surface area contributed by atoms with Gasteiger partial charge in [-0.25, -0.2) is 27.1 Å². The number of allylic oxidation sites excluding steroid dienone is 1. The molecule has 11 heteroatoms. The van der Waals surface area contributed by atoms with Crippen molar-refractivity contribution in [2.24, 2.45) is 10.3 Å². The Labute approximate surface area is 126 Å². The first-order valence-electron chi connectivity index (χ1n) is 4.87. The molecule has 0 aliphatic heterocycles. The van der Waals surface area contributed by atoms with Gasteiger partial charge in [-0.2, -0.15) is 0 Å². The van der Waals surface area contributed by atoms with Gasteiger partial charge in [-0.05, 0) is 24.6 Å². The highest BCUT2D eigenvalue weighted by atomic mass is 35.5. The number of benzene rings is 1. The highest BCUT2D eigenvalue weighted by Gasteiger charge is 2.23. The van der Waals surface area contributed by atoms with Crippen LogP contribution in [0.3, 0.4) is 0 Å². The lowest BCUT2D eigenvalue weighted by molar-refractivity contribution is 0.596. The van der Waals surface area contributed by atoms with E-state index in [9.17, 15) is 16.8 Å². The van der Waals surface area contributed by atoms with Crippen molar-refractivity contribution in [3.63, 3.8) is 0 Å². The summed E-state index contributed by atoms with van der Waals surface area (Å²) in [5, 5.41) is 9.99. The zero-order valence-electron chi connectivity index (χ0n) is 10.1. The van der Waals surface area contributed by atoms with E-state index in [1.807, 2.05) is 0 Å². The van der Waals surface area contributed by atoms with Gasteiger partial charge in [0.1, 0.15) is 9.39 Å². The van der Waals surface area contributed by atoms with E-state index in [0.29, 0.717) is 0 Å². The Kier molecular flexibility index (Phi) is 4.74. The van der Waals surface area contributed by atoms with Crippen LogP contribution >= 0.6 is 23.2 Å². The average Bonchev–Trinajstić information content (AvgIpc) is 2.23. The third-order valence-corrected chi connectivity index (χ3v) is 4.90. The number of rotatable bonds is 3. The minimum atomic E-state index is -4.24. The van der Waals surface area contributed by atoms with Crippen molar-refractivity contribution in [3.8, 4) is 0 Å². The van der Waals surface area contributed by atoms with Crippen molar-refractivity contribution in [1.29, 1.82) is 0 Å². The largest absolute Gasteiger partial charge is 0.398 e. The minimum absolute atomic E-state index is 0.00241. The van der Waals surface area contributed by atoms with E-state index in [0.717, 1.165) is 12.1 Å². The average molecular weight is 360 g/mol. The van der Waals surface area contributed by atoms with Crippen LogP contribution in [0.2, 0.25) is 0 Å². The summed E-state index contributed by atoms with van der Waals surface area (Å²) in [6.45, 7) is 1.43. The molecule has 1 aromatic rings. The van der Waals surface area contributed by atoms with Crippen LogP contribution in [-0.2, 0) is 20.0 Å². The summed E-state index contributed by atoms with van der Waals surface area (Å²) in [6.07, 6.45) is 0. The van der Waals surface area contributed by atoms with Gasteiger partial charge < -0.3 is 5.73 Å². The van der Waals surface area contributed by atoms with E-state index in [1.165, 1.54) is 6.92 Å². The summed E-state index contributed by atoms with van der Waals surface area (Å²) in [5.41, 5.74) is 5.48. The molecule has 0 amide bonds. The van der Waals surface area contributed by atoms with Crippen molar-refractivity contribution in [2.45, 2.75) is 16.7 Å². The van der Waals surface area contributed by atoms with E-state index in [1.54, 1.807) is 0 Å². The molecule has 1 rings (SSSR count). The fourth-order valence-corrected chi connectivity index (χ4v) is 3.20. The molecule has 0 unspecified atom stereocenters. The van der Waals surface area contributed by atoms with E-state index in [-0.39, 0.29) is 21.3 Å². The van der Waals surface area contributed by atoms with Crippen LogP contribution in [0.15, 0.2) is 26.4 Å². The Hall–Kier alpha value is -0.840. The summed E-state index contributed by atoms with van der Waals surface area (Å²) in [4.78, 5) is -1.05. The molecule has 0 aliphatic rings. The second-order valence-electron chi connectivity index (χ2n) is 3.86. The molecule has 6 N–H and O–H groups in total. The molecule has 20 heavy (non-hydrogen) atoms. The highest BCUT2D eigenvalue weighted by molar-refractivity contribution is 7.90. The number of sulfonamides is 2. The molecule has 0 heterocycles. The lowest BCUT2D eigenvalue weighted by atomic mass is 10.1. The van der Waals surface area contributed by atoms with Gasteiger partial charge in [0.2, 0.25) is 20.0 Å². The van der Waals surface area contributed by atoms with Crippen molar-refractivity contribution < 1.29 is 16.8 Å². The number of anilines is 1. The predicted molar refractivity (Wildman–Crippen MR) is 77.9 cm³/mol. The quantitative estimate of drug-likeness (QED) is 0.680. The maximum atomic E-state index is 11.6. The summed E-state index contributed by atoms with van der Waals surface area (Å²) in [5.74, 6) is 0. The molecule has 1 aromatic carbocycles. The highest BCUT2D eigenvalue weighted by Crippen LogP contribution is 2.33. The van der Waals surface area contributed by atoms with Crippen molar-refractivity contribution in [3.05, 3.63) is 22.2 Å². The lowest BCUT2D eigenvalue weighted by Crippen LogP contribution is -2.19. The first kappa shape index (κ1) is 17.2. The van der Waals surface area contributed by atoms with Crippen molar-refractivity contribution in [1.82, 2.24) is 0 Å². The minimum Gasteiger partial charge on any atom is -0.398 e. The molecular weight excluding hydrogens is 349 g/mol. The van der Waals surface area contributed by atoms with Gasteiger partial charge >= 0.3 is 0 Å². The summed E-state index contributed by atoms with van der Waals surface area (Å²) >= 11 is 11.2. The second-order valence-corrected chi connectivity index (χ2v) is 7.87. The Morgan fingerprint density at radius 3 is 1.80 bits per heavy atom. The third-order valence-electron chi connectivity index (χ3n) is 2.41. The smallest absolute Gasteiger partial charge is 0.240 e. The van der Waals surface area contributed by atoms with Gasteiger partial charge in [-0.15, -0.1) is 0 Å². The summed E-state index contributed by atoms with van der Waals surface area (Å²) in [6, 6.07) is 1.86. The van der Waals surface area contributed by atoms with Crippen LogP contribution in [0.1, 0.15) is 12.5 Å². The molecule has 0 saturated heterocycles. The summed E-state index contributed by atoms with van der Waals surface area (Å²) < 4.78 is 45.6. The van der Waals surface area contributed by atoms with E-state index >= 15 is 0 Å². The SMILES string of the molecule is CC(=C(Cl)Cl)c1cc(N)c(S(N)(=O)=O)cc1S(N)(=O)=O. The van der Waals surface area contributed by atoms with Crippen LogP contribution in [0.25, 0.3) is 5.57 Å². The van der Waals surface area contributed by atoms with Crippen LogP contribution in [0.4, 0.5) is 5.69 Å². The molecule has 0 fully saturated rings. The predicted octanol–water partition coefficient (Wildman–Crippen LogP) is 0.730. The van der Waals surface area contributed by atoms with Crippen molar-refractivity contribution >= 4 is 54.5 Å². The number of primary sulfonamides is 2. The van der Waals surface area contributed by atoms with Gasteiger partial charge in [0, 0.05) is 5.56 Å². The Bertz CT molecular complexity index is 797. The molecule has 7 nitrogen and oxygen atoms in total. The maximum Gasteiger partial charge on any atom is 0.240 e. The molecule has 112 valence electrons. The monoisotopic (exact) mass is 359 g/mol. The number of halogens is 2. The van der Waals surface area contributed by atoms with Gasteiger partial charge in [0.25, 0.3) is 0 Å².